The maximum Gasteiger partial charge on any atom is 0.422 e. The predicted octanol–water partition coefficient (Wildman–Crippen LogP) is 2.70. The van der Waals surface area contributed by atoms with Crippen LogP contribution in [0.3, 0.4) is 0 Å². The maximum atomic E-state index is 12.3. The van der Waals surface area contributed by atoms with Crippen molar-refractivity contribution in [3.05, 3.63) is 41.3 Å². The Kier molecular flexibility index (Phi) is 5.30. The Morgan fingerprint density at radius 3 is 2.68 bits per heavy atom. The van der Waals surface area contributed by atoms with Crippen molar-refractivity contribution in [2.45, 2.75) is 13.1 Å². The molecule has 0 saturated heterocycles. The second-order valence-electron chi connectivity index (χ2n) is 4.97. The molecule has 0 aliphatic rings. The average Bonchev–Trinajstić information content (AvgIpc) is 2.92. The number of nitrogens with zero attached hydrogens (tertiary/aromatic N) is 1. The molecule has 2 aromatic rings. The minimum atomic E-state index is -4.52. The van der Waals surface area contributed by atoms with Crippen LogP contribution in [-0.2, 0) is 4.74 Å². The van der Waals surface area contributed by atoms with Crippen LogP contribution in [0.25, 0.3) is 0 Å². The number of aromatic amines is 1. The van der Waals surface area contributed by atoms with Crippen molar-refractivity contribution in [2.75, 3.05) is 19.0 Å². The van der Waals surface area contributed by atoms with Crippen molar-refractivity contribution >= 4 is 17.6 Å². The van der Waals surface area contributed by atoms with E-state index in [-0.39, 0.29) is 22.8 Å². The smallest absolute Gasteiger partial charge is 0.422 e. The third-order valence-electron chi connectivity index (χ3n) is 2.97. The second kappa shape index (κ2) is 7.24. The van der Waals surface area contributed by atoms with Crippen molar-refractivity contribution in [2.24, 2.45) is 0 Å². The fourth-order valence-electron chi connectivity index (χ4n) is 1.93. The first kappa shape index (κ1) is 18.3. The molecule has 2 heterocycles. The van der Waals surface area contributed by atoms with E-state index in [2.05, 4.69) is 24.8 Å². The number of alkyl halides is 3. The van der Waals surface area contributed by atoms with Crippen LogP contribution >= 0.6 is 0 Å². The fourth-order valence-corrected chi connectivity index (χ4v) is 1.93. The first-order chi connectivity index (χ1) is 11.7. The van der Waals surface area contributed by atoms with Gasteiger partial charge in [-0.2, -0.15) is 13.2 Å². The van der Waals surface area contributed by atoms with Crippen LogP contribution in [0.5, 0.6) is 5.88 Å². The Morgan fingerprint density at radius 2 is 2.04 bits per heavy atom. The second-order valence-corrected chi connectivity index (χ2v) is 4.97. The molecule has 2 N–H and O–H groups in total. The van der Waals surface area contributed by atoms with E-state index in [0.717, 1.165) is 12.3 Å². The van der Waals surface area contributed by atoms with Crippen molar-refractivity contribution in [3.63, 3.8) is 0 Å². The number of aromatic nitrogens is 2. The van der Waals surface area contributed by atoms with Gasteiger partial charge in [-0.15, -0.1) is 0 Å². The number of hydrogen-bond donors (Lipinski definition) is 2. The Labute approximate surface area is 140 Å². The summed E-state index contributed by atoms with van der Waals surface area (Å²) in [5, 5.41) is 2.49. The lowest BCUT2D eigenvalue weighted by Crippen LogP contribution is -2.20. The lowest BCUT2D eigenvalue weighted by molar-refractivity contribution is -0.154. The van der Waals surface area contributed by atoms with Crippen LogP contribution < -0.4 is 10.1 Å². The zero-order chi connectivity index (χ0) is 18.6. The summed E-state index contributed by atoms with van der Waals surface area (Å²) in [5.41, 5.74) is 0.862. The van der Waals surface area contributed by atoms with Gasteiger partial charge in [-0.05, 0) is 19.1 Å². The van der Waals surface area contributed by atoms with Gasteiger partial charge in [0.2, 0.25) is 5.88 Å². The molecule has 25 heavy (non-hydrogen) atoms. The largest absolute Gasteiger partial charge is 0.468 e. The molecule has 0 aliphatic carbocycles. The fraction of sp³-hybridized carbons (Fsp3) is 0.267. The quantitative estimate of drug-likeness (QED) is 0.803. The summed E-state index contributed by atoms with van der Waals surface area (Å²) in [6.07, 6.45) is -3.37. The van der Waals surface area contributed by atoms with Gasteiger partial charge >= 0.3 is 12.1 Å². The molecule has 0 unspecified atom stereocenters. The molecule has 134 valence electrons. The van der Waals surface area contributed by atoms with E-state index < -0.39 is 24.7 Å². The number of anilines is 1. The summed E-state index contributed by atoms with van der Waals surface area (Å²) in [6, 6.07) is 3.89. The van der Waals surface area contributed by atoms with Gasteiger partial charge in [0.1, 0.15) is 5.69 Å². The van der Waals surface area contributed by atoms with Crippen LogP contribution in [0.15, 0.2) is 24.4 Å². The van der Waals surface area contributed by atoms with E-state index in [1.54, 1.807) is 6.92 Å². The molecule has 2 aromatic heterocycles. The van der Waals surface area contributed by atoms with E-state index >= 15 is 0 Å². The average molecular weight is 357 g/mol. The van der Waals surface area contributed by atoms with Crippen LogP contribution in [-0.4, -0.2) is 41.7 Å². The third-order valence-corrected chi connectivity index (χ3v) is 2.97. The molecule has 0 bridgehead atoms. The van der Waals surface area contributed by atoms with Gasteiger partial charge in [-0.25, -0.2) is 9.78 Å². The Morgan fingerprint density at radius 1 is 1.32 bits per heavy atom. The lowest BCUT2D eigenvalue weighted by Gasteiger charge is -2.09. The molecule has 10 heteroatoms. The highest BCUT2D eigenvalue weighted by atomic mass is 19.4. The van der Waals surface area contributed by atoms with Gasteiger partial charge in [-0.1, -0.05) is 0 Å². The molecule has 7 nitrogen and oxygen atoms in total. The summed E-state index contributed by atoms with van der Waals surface area (Å²) in [7, 11) is 1.19. The predicted molar refractivity (Wildman–Crippen MR) is 80.6 cm³/mol. The number of pyridine rings is 1. The summed E-state index contributed by atoms with van der Waals surface area (Å²) in [5.74, 6) is -1.67. The Hall–Kier alpha value is -3.04. The first-order valence-corrected chi connectivity index (χ1v) is 6.94. The lowest BCUT2D eigenvalue weighted by atomic mass is 10.2. The minimum absolute atomic E-state index is 0.0156. The van der Waals surface area contributed by atoms with Gasteiger partial charge in [0.05, 0.1) is 12.8 Å². The number of amides is 1. The number of ether oxygens (including phenoxy) is 2. The minimum Gasteiger partial charge on any atom is -0.468 e. The number of esters is 1. The number of rotatable bonds is 5. The van der Waals surface area contributed by atoms with Gasteiger partial charge < -0.3 is 19.8 Å². The van der Waals surface area contributed by atoms with Crippen molar-refractivity contribution in [1.82, 2.24) is 9.97 Å². The number of H-pyrrole nitrogens is 1. The van der Waals surface area contributed by atoms with E-state index in [1.165, 1.54) is 19.2 Å². The monoisotopic (exact) mass is 357 g/mol. The van der Waals surface area contributed by atoms with E-state index in [0.29, 0.717) is 5.69 Å². The van der Waals surface area contributed by atoms with Gasteiger partial charge in [0.25, 0.3) is 5.91 Å². The summed E-state index contributed by atoms with van der Waals surface area (Å²) in [4.78, 5) is 30.3. The van der Waals surface area contributed by atoms with E-state index in [4.69, 9.17) is 0 Å². The third kappa shape index (κ3) is 4.96. The topological polar surface area (TPSA) is 93.3 Å². The summed E-state index contributed by atoms with van der Waals surface area (Å²) in [6.45, 7) is 0.159. The molecule has 0 radical (unpaired) electrons. The Balaban J connectivity index is 2.15. The molecule has 0 spiro atoms. The number of halogens is 3. The summed E-state index contributed by atoms with van der Waals surface area (Å²) >= 11 is 0. The van der Waals surface area contributed by atoms with Crippen molar-refractivity contribution in [1.29, 1.82) is 0 Å². The zero-order valence-electron chi connectivity index (χ0n) is 13.2. The number of carbonyl (C=O) groups excluding carboxylic acids is 2. The van der Waals surface area contributed by atoms with E-state index in [9.17, 15) is 22.8 Å². The highest BCUT2D eigenvalue weighted by Gasteiger charge is 2.28. The molecule has 1 amide bonds. The zero-order valence-corrected chi connectivity index (χ0v) is 13.2. The van der Waals surface area contributed by atoms with E-state index in [1.807, 2.05) is 0 Å². The van der Waals surface area contributed by atoms with Crippen molar-refractivity contribution in [3.8, 4) is 5.88 Å². The molecule has 0 aliphatic heterocycles. The summed E-state index contributed by atoms with van der Waals surface area (Å²) < 4.78 is 45.6. The van der Waals surface area contributed by atoms with Crippen LogP contribution in [0.2, 0.25) is 0 Å². The van der Waals surface area contributed by atoms with Gasteiger partial charge in [0, 0.05) is 23.5 Å². The highest BCUT2D eigenvalue weighted by Crippen LogP contribution is 2.20. The van der Waals surface area contributed by atoms with Gasteiger partial charge in [-0.3, -0.25) is 4.79 Å². The van der Waals surface area contributed by atoms with Crippen molar-refractivity contribution < 1.29 is 32.2 Å². The standard InChI is InChI=1S/C15H14F3N3O4/c1-8-5-10(12(20-8)14(23)24-2)21-13(22)9-3-4-19-11(6-9)25-7-15(16,17)18/h3-6,20H,7H2,1-2H3,(H,21,22). The Bertz CT molecular complexity index is 787. The normalized spacial score (nSPS) is 11.1. The number of carbonyl (C=O) groups is 2. The van der Waals surface area contributed by atoms with Gasteiger partial charge in [0.15, 0.2) is 6.61 Å². The number of nitrogens with one attached hydrogen (secondary N) is 2. The molecule has 0 aromatic carbocycles. The molecule has 0 atom stereocenters. The molecule has 0 fully saturated rings. The molecule has 2 rings (SSSR count). The van der Waals surface area contributed by atoms with Crippen LogP contribution in [0.4, 0.5) is 18.9 Å². The highest BCUT2D eigenvalue weighted by molar-refractivity contribution is 6.07. The number of aryl methyl sites for hydroxylation is 1. The number of hydrogen-bond acceptors (Lipinski definition) is 5. The first-order valence-electron chi connectivity index (χ1n) is 6.94. The maximum absolute atomic E-state index is 12.3. The molecular weight excluding hydrogens is 343 g/mol. The molecule has 0 saturated carbocycles. The van der Waals surface area contributed by atoms with Crippen LogP contribution in [0.1, 0.15) is 26.5 Å². The molecular formula is C15H14F3N3O4. The van der Waals surface area contributed by atoms with Crippen LogP contribution in [0, 0.1) is 6.92 Å². The SMILES string of the molecule is COC(=O)c1[nH]c(C)cc1NC(=O)c1ccnc(OCC(F)(F)F)c1. The number of methoxy groups -OCH3 is 1.